The molecule has 0 bridgehead atoms. The second kappa shape index (κ2) is 10.4. The standard InChI is InChI=1S/C28H28N2O2S/c1-4-32-24-17-15-21(16-18-24)26(29-23-13-9-6-10-14-23)25-19(2)20(3)33-28(25)30-27(31)22-11-7-5-8-12-22/h5-18,26,29H,4H2,1-3H3,(H,30,31). The van der Waals surface area contributed by atoms with Gasteiger partial charge in [0.25, 0.3) is 5.91 Å². The minimum atomic E-state index is -0.140. The molecule has 33 heavy (non-hydrogen) atoms. The predicted octanol–water partition coefficient (Wildman–Crippen LogP) is 7.22. The molecule has 0 spiro atoms. The summed E-state index contributed by atoms with van der Waals surface area (Å²) in [6, 6.07) is 27.5. The van der Waals surface area contributed by atoms with Crippen molar-refractivity contribution in [1.29, 1.82) is 0 Å². The summed E-state index contributed by atoms with van der Waals surface area (Å²) in [5, 5.41) is 7.72. The lowest BCUT2D eigenvalue weighted by molar-refractivity contribution is 0.102. The fourth-order valence-corrected chi connectivity index (χ4v) is 4.89. The van der Waals surface area contributed by atoms with E-state index in [2.05, 4.69) is 48.7 Å². The van der Waals surface area contributed by atoms with Gasteiger partial charge in [0, 0.05) is 21.7 Å². The van der Waals surface area contributed by atoms with Gasteiger partial charge >= 0.3 is 0 Å². The Kier molecular flexibility index (Phi) is 7.10. The number of nitrogens with one attached hydrogen (secondary N) is 2. The molecule has 0 aliphatic heterocycles. The smallest absolute Gasteiger partial charge is 0.256 e. The van der Waals surface area contributed by atoms with Crippen molar-refractivity contribution in [3.63, 3.8) is 0 Å². The number of anilines is 2. The van der Waals surface area contributed by atoms with Gasteiger partial charge in [0.1, 0.15) is 10.8 Å². The van der Waals surface area contributed by atoms with E-state index in [0.717, 1.165) is 27.6 Å². The lowest BCUT2D eigenvalue weighted by Crippen LogP contribution is -2.17. The number of para-hydroxylation sites is 1. The summed E-state index contributed by atoms with van der Waals surface area (Å²) in [5.41, 5.74) is 5.00. The first-order chi connectivity index (χ1) is 16.1. The zero-order valence-electron chi connectivity index (χ0n) is 19.1. The number of aryl methyl sites for hydroxylation is 1. The Morgan fingerprint density at radius 2 is 1.55 bits per heavy atom. The number of amides is 1. The minimum Gasteiger partial charge on any atom is -0.494 e. The van der Waals surface area contributed by atoms with Crippen molar-refractivity contribution in [2.45, 2.75) is 26.8 Å². The van der Waals surface area contributed by atoms with Crippen LogP contribution in [0.25, 0.3) is 0 Å². The van der Waals surface area contributed by atoms with Gasteiger partial charge in [0.05, 0.1) is 12.6 Å². The van der Waals surface area contributed by atoms with Crippen LogP contribution in [0.2, 0.25) is 0 Å². The number of benzene rings is 3. The molecule has 0 fully saturated rings. The molecule has 3 aromatic carbocycles. The first-order valence-corrected chi connectivity index (χ1v) is 11.9. The van der Waals surface area contributed by atoms with Gasteiger partial charge in [-0.15, -0.1) is 11.3 Å². The van der Waals surface area contributed by atoms with Crippen LogP contribution in [0.15, 0.2) is 84.9 Å². The van der Waals surface area contributed by atoms with Gasteiger partial charge in [-0.25, -0.2) is 0 Å². The van der Waals surface area contributed by atoms with Gasteiger partial charge in [-0.05, 0) is 68.3 Å². The second-order valence-corrected chi connectivity index (χ2v) is 9.02. The quantitative estimate of drug-likeness (QED) is 0.294. The highest BCUT2D eigenvalue weighted by molar-refractivity contribution is 7.16. The van der Waals surface area contributed by atoms with Crippen LogP contribution in [-0.4, -0.2) is 12.5 Å². The normalized spacial score (nSPS) is 11.6. The minimum absolute atomic E-state index is 0.108. The van der Waals surface area contributed by atoms with E-state index in [-0.39, 0.29) is 11.9 Å². The summed E-state index contributed by atoms with van der Waals surface area (Å²) in [6.07, 6.45) is 0. The SMILES string of the molecule is CCOc1ccc(C(Nc2ccccc2)c2c(NC(=O)c3ccccc3)sc(C)c2C)cc1. The van der Waals surface area contributed by atoms with Crippen LogP contribution >= 0.6 is 11.3 Å². The molecule has 168 valence electrons. The van der Waals surface area contributed by atoms with Crippen molar-refractivity contribution in [1.82, 2.24) is 0 Å². The van der Waals surface area contributed by atoms with Crippen molar-refractivity contribution in [3.05, 3.63) is 112 Å². The van der Waals surface area contributed by atoms with E-state index in [4.69, 9.17) is 4.74 Å². The fraction of sp³-hybridized carbons (Fsp3) is 0.179. The number of hydrogen-bond acceptors (Lipinski definition) is 4. The third kappa shape index (κ3) is 5.26. The fourth-order valence-electron chi connectivity index (χ4n) is 3.80. The molecule has 4 rings (SSSR count). The van der Waals surface area contributed by atoms with Crippen LogP contribution in [0.1, 0.15) is 44.9 Å². The molecule has 0 saturated heterocycles. The Bertz CT molecular complexity index is 1200. The molecule has 1 aromatic heterocycles. The third-order valence-corrected chi connectivity index (χ3v) is 6.73. The van der Waals surface area contributed by atoms with Crippen LogP contribution in [0.5, 0.6) is 5.75 Å². The van der Waals surface area contributed by atoms with Crippen molar-refractivity contribution >= 4 is 27.9 Å². The number of carbonyl (C=O) groups excluding carboxylic acids is 1. The Labute approximate surface area is 199 Å². The maximum absolute atomic E-state index is 13.0. The van der Waals surface area contributed by atoms with Gasteiger partial charge in [-0.2, -0.15) is 0 Å². The number of rotatable bonds is 8. The molecule has 1 unspecified atom stereocenters. The summed E-state index contributed by atoms with van der Waals surface area (Å²) in [5.74, 6) is 0.735. The summed E-state index contributed by atoms with van der Waals surface area (Å²) in [7, 11) is 0. The molecule has 1 atom stereocenters. The summed E-state index contributed by atoms with van der Waals surface area (Å²) >= 11 is 1.61. The van der Waals surface area contributed by atoms with Crippen LogP contribution in [-0.2, 0) is 0 Å². The van der Waals surface area contributed by atoms with Crippen LogP contribution in [0, 0.1) is 13.8 Å². The molecule has 1 heterocycles. The van der Waals surface area contributed by atoms with E-state index in [0.29, 0.717) is 12.2 Å². The molecule has 5 heteroatoms. The van der Waals surface area contributed by atoms with Crippen molar-refractivity contribution in [2.24, 2.45) is 0 Å². The molecular weight excluding hydrogens is 428 g/mol. The highest BCUT2D eigenvalue weighted by Crippen LogP contribution is 2.41. The lowest BCUT2D eigenvalue weighted by Gasteiger charge is -2.23. The summed E-state index contributed by atoms with van der Waals surface area (Å²) in [6.45, 7) is 6.82. The molecule has 0 aliphatic rings. The predicted molar refractivity (Wildman–Crippen MR) is 138 cm³/mol. The highest BCUT2D eigenvalue weighted by Gasteiger charge is 2.25. The number of carbonyl (C=O) groups is 1. The van der Waals surface area contributed by atoms with E-state index in [9.17, 15) is 4.79 Å². The molecule has 0 radical (unpaired) electrons. The van der Waals surface area contributed by atoms with E-state index in [1.165, 1.54) is 10.4 Å². The maximum Gasteiger partial charge on any atom is 0.256 e. The number of ether oxygens (including phenoxy) is 1. The largest absolute Gasteiger partial charge is 0.494 e. The van der Waals surface area contributed by atoms with Crippen LogP contribution in [0.3, 0.4) is 0 Å². The zero-order chi connectivity index (χ0) is 23.2. The van der Waals surface area contributed by atoms with Gasteiger partial charge < -0.3 is 15.4 Å². The van der Waals surface area contributed by atoms with Gasteiger partial charge in [0.15, 0.2) is 0 Å². The average Bonchev–Trinajstić information content (AvgIpc) is 3.12. The van der Waals surface area contributed by atoms with E-state index < -0.39 is 0 Å². The average molecular weight is 457 g/mol. The summed E-state index contributed by atoms with van der Waals surface area (Å²) in [4.78, 5) is 14.2. The zero-order valence-corrected chi connectivity index (χ0v) is 19.9. The molecule has 0 aliphatic carbocycles. The van der Waals surface area contributed by atoms with Crippen molar-refractivity contribution in [3.8, 4) is 5.75 Å². The molecule has 4 aromatic rings. The summed E-state index contributed by atoms with van der Waals surface area (Å²) < 4.78 is 5.64. The maximum atomic E-state index is 13.0. The van der Waals surface area contributed by atoms with Gasteiger partial charge in [0.2, 0.25) is 0 Å². The number of thiophene rings is 1. The lowest BCUT2D eigenvalue weighted by atomic mass is 9.96. The van der Waals surface area contributed by atoms with Gasteiger partial charge in [-0.3, -0.25) is 4.79 Å². The molecule has 2 N–H and O–H groups in total. The van der Waals surface area contributed by atoms with Crippen LogP contribution < -0.4 is 15.4 Å². The van der Waals surface area contributed by atoms with Gasteiger partial charge in [-0.1, -0.05) is 48.5 Å². The van der Waals surface area contributed by atoms with E-state index in [1.54, 1.807) is 11.3 Å². The third-order valence-electron chi connectivity index (χ3n) is 5.59. The Balaban J connectivity index is 1.75. The van der Waals surface area contributed by atoms with Crippen molar-refractivity contribution < 1.29 is 9.53 Å². The first kappa shape index (κ1) is 22.6. The van der Waals surface area contributed by atoms with Crippen molar-refractivity contribution in [2.75, 3.05) is 17.2 Å². The molecule has 4 nitrogen and oxygen atoms in total. The monoisotopic (exact) mass is 456 g/mol. The Hall–Kier alpha value is -3.57. The molecule has 0 saturated carbocycles. The number of hydrogen-bond donors (Lipinski definition) is 2. The molecular formula is C28H28N2O2S. The molecule has 1 amide bonds. The van der Waals surface area contributed by atoms with E-state index in [1.807, 2.05) is 67.6 Å². The topological polar surface area (TPSA) is 50.4 Å². The van der Waals surface area contributed by atoms with Crippen LogP contribution in [0.4, 0.5) is 10.7 Å². The highest BCUT2D eigenvalue weighted by atomic mass is 32.1. The first-order valence-electron chi connectivity index (χ1n) is 11.1. The Morgan fingerprint density at radius 3 is 2.18 bits per heavy atom. The second-order valence-electron chi connectivity index (χ2n) is 7.79. The van der Waals surface area contributed by atoms with E-state index >= 15 is 0 Å². The Morgan fingerprint density at radius 1 is 0.909 bits per heavy atom.